The minimum Gasteiger partial charge on any atom is -0.497 e. The van der Waals surface area contributed by atoms with Gasteiger partial charge in [-0.1, -0.05) is 31.4 Å². The highest BCUT2D eigenvalue weighted by Gasteiger charge is 2.34. The molecule has 6 heteroatoms. The van der Waals surface area contributed by atoms with Crippen LogP contribution in [0.15, 0.2) is 36.7 Å². The molecule has 1 aromatic heterocycles. The van der Waals surface area contributed by atoms with E-state index in [0.29, 0.717) is 13.0 Å². The number of rotatable bonds is 7. The van der Waals surface area contributed by atoms with Crippen molar-refractivity contribution in [2.45, 2.75) is 44.6 Å². The van der Waals surface area contributed by atoms with E-state index in [-0.39, 0.29) is 17.4 Å². The molecule has 0 aliphatic heterocycles. The van der Waals surface area contributed by atoms with Crippen molar-refractivity contribution < 1.29 is 9.53 Å². The monoisotopic (exact) mass is 370 g/mol. The van der Waals surface area contributed by atoms with Crippen molar-refractivity contribution in [3.63, 3.8) is 0 Å². The Morgan fingerprint density at radius 2 is 2.00 bits per heavy atom. The van der Waals surface area contributed by atoms with E-state index in [9.17, 15) is 4.79 Å². The summed E-state index contributed by atoms with van der Waals surface area (Å²) < 4.78 is 7.19. The molecule has 1 fully saturated rings. The van der Waals surface area contributed by atoms with Crippen molar-refractivity contribution in [3.05, 3.63) is 48.0 Å². The molecule has 0 radical (unpaired) electrons. The molecule has 1 heterocycles. The Balaban J connectivity index is 1.80. The highest BCUT2D eigenvalue weighted by molar-refractivity contribution is 5.77. The van der Waals surface area contributed by atoms with Crippen LogP contribution in [0.5, 0.6) is 5.75 Å². The number of aromatic nitrogens is 2. The number of carbonyl (C=O) groups excluding carboxylic acids is 1. The highest BCUT2D eigenvalue weighted by atomic mass is 16.5. The van der Waals surface area contributed by atoms with E-state index in [1.54, 1.807) is 13.3 Å². The lowest BCUT2D eigenvalue weighted by atomic mass is 9.71. The number of benzene rings is 1. The van der Waals surface area contributed by atoms with E-state index in [1.165, 1.54) is 6.42 Å². The summed E-state index contributed by atoms with van der Waals surface area (Å²) >= 11 is 0. The van der Waals surface area contributed by atoms with Gasteiger partial charge in [-0.15, -0.1) is 0 Å². The van der Waals surface area contributed by atoms with Crippen LogP contribution in [-0.4, -0.2) is 29.1 Å². The molecule has 3 N–H and O–H groups in total. The van der Waals surface area contributed by atoms with E-state index in [1.807, 2.05) is 42.1 Å². The van der Waals surface area contributed by atoms with Crippen LogP contribution in [0.3, 0.4) is 0 Å². The molecule has 1 amide bonds. The molecule has 1 atom stereocenters. The van der Waals surface area contributed by atoms with Gasteiger partial charge in [0.1, 0.15) is 17.6 Å². The van der Waals surface area contributed by atoms with Crippen molar-refractivity contribution in [2.24, 2.45) is 18.2 Å². The number of nitrogens with zero attached hydrogens (tertiary/aromatic N) is 2. The van der Waals surface area contributed by atoms with Crippen LogP contribution in [0.25, 0.3) is 0 Å². The van der Waals surface area contributed by atoms with Crippen molar-refractivity contribution in [1.82, 2.24) is 14.9 Å². The van der Waals surface area contributed by atoms with Crippen LogP contribution in [0.4, 0.5) is 0 Å². The second-order valence-corrected chi connectivity index (χ2v) is 7.61. The normalized spacial score (nSPS) is 17.3. The largest absolute Gasteiger partial charge is 0.497 e. The topological polar surface area (TPSA) is 82.2 Å². The number of hydrogen-bond donors (Lipinski definition) is 2. The summed E-state index contributed by atoms with van der Waals surface area (Å²) in [6.07, 6.45) is 9.74. The molecular formula is C21H30N4O2. The Bertz CT molecular complexity index is 748. The van der Waals surface area contributed by atoms with Crippen LogP contribution in [-0.2, 0) is 11.8 Å². The first-order chi connectivity index (χ1) is 13.1. The molecule has 3 rings (SSSR count). The van der Waals surface area contributed by atoms with Gasteiger partial charge < -0.3 is 20.4 Å². The maximum absolute atomic E-state index is 13.0. The van der Waals surface area contributed by atoms with Gasteiger partial charge in [0, 0.05) is 25.9 Å². The van der Waals surface area contributed by atoms with Crippen molar-refractivity contribution in [3.8, 4) is 5.75 Å². The highest BCUT2D eigenvalue weighted by Crippen LogP contribution is 2.38. The molecular weight excluding hydrogens is 340 g/mol. The van der Waals surface area contributed by atoms with Crippen LogP contribution < -0.4 is 15.8 Å². The maximum atomic E-state index is 13.0. The quantitative estimate of drug-likeness (QED) is 0.785. The summed E-state index contributed by atoms with van der Waals surface area (Å²) in [5, 5.41) is 3.20. The standard InChI is InChI=1S/C21H30N4O2/c1-25-13-12-23-20(25)19(16-6-8-17(27-2)9-7-16)24-18(26)14-21(15-22)10-4-3-5-11-21/h6-9,12-13,19H,3-5,10-11,14-15,22H2,1-2H3,(H,24,26). The Hall–Kier alpha value is -2.34. The smallest absolute Gasteiger partial charge is 0.221 e. The second-order valence-electron chi connectivity index (χ2n) is 7.61. The third kappa shape index (κ3) is 4.50. The predicted octanol–water partition coefficient (Wildman–Crippen LogP) is 2.93. The van der Waals surface area contributed by atoms with Gasteiger partial charge in [0.25, 0.3) is 0 Å². The number of aryl methyl sites for hydroxylation is 1. The van der Waals surface area contributed by atoms with Crippen LogP contribution >= 0.6 is 0 Å². The Morgan fingerprint density at radius 1 is 1.30 bits per heavy atom. The molecule has 1 aliphatic rings. The van der Waals surface area contributed by atoms with Crippen molar-refractivity contribution in [1.29, 1.82) is 0 Å². The lowest BCUT2D eigenvalue weighted by Gasteiger charge is -2.36. The maximum Gasteiger partial charge on any atom is 0.221 e. The summed E-state index contributed by atoms with van der Waals surface area (Å²) in [7, 11) is 3.58. The number of imidazole rings is 1. The molecule has 27 heavy (non-hydrogen) atoms. The lowest BCUT2D eigenvalue weighted by molar-refractivity contribution is -0.124. The van der Waals surface area contributed by atoms with E-state index in [4.69, 9.17) is 10.5 Å². The zero-order chi connectivity index (χ0) is 19.3. The zero-order valence-electron chi connectivity index (χ0n) is 16.3. The summed E-state index contributed by atoms with van der Waals surface area (Å²) in [6, 6.07) is 7.44. The molecule has 6 nitrogen and oxygen atoms in total. The first-order valence-corrected chi connectivity index (χ1v) is 9.67. The molecule has 0 bridgehead atoms. The molecule has 1 saturated carbocycles. The molecule has 0 spiro atoms. The van der Waals surface area contributed by atoms with Gasteiger partial charge >= 0.3 is 0 Å². The average molecular weight is 370 g/mol. The van der Waals surface area contributed by atoms with Gasteiger partial charge in [0.15, 0.2) is 0 Å². The summed E-state index contributed by atoms with van der Waals surface area (Å²) in [6.45, 7) is 0.566. The summed E-state index contributed by atoms with van der Waals surface area (Å²) in [5.74, 6) is 1.62. The minimum atomic E-state index is -0.304. The summed E-state index contributed by atoms with van der Waals surface area (Å²) in [4.78, 5) is 17.4. The number of ether oxygens (including phenoxy) is 1. The van der Waals surface area contributed by atoms with Gasteiger partial charge in [-0.3, -0.25) is 4.79 Å². The van der Waals surface area contributed by atoms with E-state index >= 15 is 0 Å². The van der Waals surface area contributed by atoms with Gasteiger partial charge in [0.2, 0.25) is 5.91 Å². The molecule has 0 saturated heterocycles. The molecule has 1 aliphatic carbocycles. The molecule has 1 unspecified atom stereocenters. The van der Waals surface area contributed by atoms with Crippen LogP contribution in [0.2, 0.25) is 0 Å². The van der Waals surface area contributed by atoms with Crippen molar-refractivity contribution >= 4 is 5.91 Å². The fraction of sp³-hybridized carbons (Fsp3) is 0.524. The summed E-state index contributed by atoms with van der Waals surface area (Å²) in [5.41, 5.74) is 6.98. The van der Waals surface area contributed by atoms with Crippen molar-refractivity contribution in [2.75, 3.05) is 13.7 Å². The van der Waals surface area contributed by atoms with Crippen LogP contribution in [0, 0.1) is 5.41 Å². The SMILES string of the molecule is COc1ccc(C(NC(=O)CC2(CN)CCCCC2)c2nccn2C)cc1. The fourth-order valence-electron chi connectivity index (χ4n) is 4.06. The number of carbonyl (C=O) groups is 1. The number of amides is 1. The minimum absolute atomic E-state index is 0.0335. The fourth-order valence-corrected chi connectivity index (χ4v) is 4.06. The number of methoxy groups -OCH3 is 1. The molecule has 1 aromatic carbocycles. The van der Waals surface area contributed by atoms with Gasteiger partial charge in [-0.2, -0.15) is 0 Å². The van der Waals surface area contributed by atoms with Gasteiger partial charge in [0.05, 0.1) is 7.11 Å². The molecule has 2 aromatic rings. The Morgan fingerprint density at radius 3 is 2.56 bits per heavy atom. The first-order valence-electron chi connectivity index (χ1n) is 9.67. The number of hydrogen-bond acceptors (Lipinski definition) is 4. The zero-order valence-corrected chi connectivity index (χ0v) is 16.3. The van der Waals surface area contributed by atoms with E-state index in [2.05, 4.69) is 10.3 Å². The Kier molecular flexibility index (Phi) is 6.16. The van der Waals surface area contributed by atoms with E-state index < -0.39 is 0 Å². The van der Waals surface area contributed by atoms with Gasteiger partial charge in [-0.05, 0) is 42.5 Å². The Labute approximate surface area is 161 Å². The number of nitrogens with one attached hydrogen (secondary N) is 1. The third-order valence-electron chi connectivity index (χ3n) is 5.75. The third-order valence-corrected chi connectivity index (χ3v) is 5.75. The lowest BCUT2D eigenvalue weighted by Crippen LogP contribution is -2.40. The number of nitrogens with two attached hydrogens (primary N) is 1. The predicted molar refractivity (Wildman–Crippen MR) is 105 cm³/mol. The average Bonchev–Trinajstić information content (AvgIpc) is 3.12. The van der Waals surface area contributed by atoms with E-state index in [0.717, 1.165) is 42.8 Å². The second kappa shape index (κ2) is 8.57. The van der Waals surface area contributed by atoms with Crippen LogP contribution in [0.1, 0.15) is 56.0 Å². The first kappa shape index (κ1) is 19.4. The van der Waals surface area contributed by atoms with Gasteiger partial charge in [-0.25, -0.2) is 4.98 Å². The molecule has 146 valence electrons.